The van der Waals surface area contributed by atoms with E-state index in [0.717, 1.165) is 22.2 Å². The largest absolute Gasteiger partial charge is 0.496 e. The highest BCUT2D eigenvalue weighted by Gasteiger charge is 2.17. The average molecular weight is 521 g/mol. The van der Waals surface area contributed by atoms with E-state index in [1.807, 2.05) is 41.1 Å². The first-order valence-electron chi connectivity index (χ1n) is 11.1. The molecule has 0 radical (unpaired) electrons. The van der Waals surface area contributed by atoms with Crippen molar-refractivity contribution in [1.29, 1.82) is 0 Å². The molecule has 4 aromatic rings. The number of ether oxygens (including phenoxy) is 2. The molecule has 0 amide bonds. The maximum Gasteiger partial charge on any atom is 0.318 e. The van der Waals surface area contributed by atoms with Gasteiger partial charge < -0.3 is 19.6 Å². The van der Waals surface area contributed by atoms with Crippen LogP contribution in [0.25, 0.3) is 28.2 Å². The van der Waals surface area contributed by atoms with E-state index in [-0.39, 0.29) is 16.2 Å². The second-order valence-corrected chi connectivity index (χ2v) is 9.77. The molecule has 1 aromatic heterocycles. The summed E-state index contributed by atoms with van der Waals surface area (Å²) in [7, 11) is -0.909. The van der Waals surface area contributed by atoms with Crippen molar-refractivity contribution in [2.75, 3.05) is 20.8 Å². The number of carbonyl (C=O) groups is 2. The van der Waals surface area contributed by atoms with Gasteiger partial charge in [-0.25, -0.2) is 8.42 Å². The van der Waals surface area contributed by atoms with Gasteiger partial charge in [-0.2, -0.15) is 4.72 Å². The molecule has 0 saturated carbocycles. The number of nitrogens with one attached hydrogen (secondary N) is 2. The fourth-order valence-electron chi connectivity index (χ4n) is 3.78. The Morgan fingerprint density at radius 2 is 1.68 bits per heavy atom. The van der Waals surface area contributed by atoms with Crippen LogP contribution in [0.4, 0.5) is 0 Å². The monoisotopic (exact) mass is 520 g/mol. The molecule has 0 aliphatic heterocycles. The maximum absolute atomic E-state index is 12.8. The summed E-state index contributed by atoms with van der Waals surface area (Å²) in [4.78, 5) is 26.7. The maximum atomic E-state index is 12.8. The number of aromatic nitrogens is 1. The molecular weight excluding hydrogens is 496 g/mol. The number of hydrogen-bond donors (Lipinski definition) is 3. The molecule has 0 atom stereocenters. The van der Waals surface area contributed by atoms with E-state index in [4.69, 9.17) is 14.6 Å². The van der Waals surface area contributed by atoms with E-state index in [2.05, 4.69) is 4.98 Å². The summed E-state index contributed by atoms with van der Waals surface area (Å²) >= 11 is 0. The van der Waals surface area contributed by atoms with Gasteiger partial charge in [0.15, 0.2) is 5.78 Å². The number of aromatic amines is 1. The zero-order valence-corrected chi connectivity index (χ0v) is 20.8. The molecule has 0 unspecified atom stereocenters. The predicted molar refractivity (Wildman–Crippen MR) is 139 cm³/mol. The molecule has 0 fully saturated rings. The van der Waals surface area contributed by atoms with Gasteiger partial charge in [-0.3, -0.25) is 9.59 Å². The Labute approximate surface area is 213 Å². The van der Waals surface area contributed by atoms with Crippen LogP contribution in [0.3, 0.4) is 0 Å². The number of fused-ring (bicyclic) bond motifs is 1. The Kier molecular flexibility index (Phi) is 7.42. The molecule has 3 N–H and O–H groups in total. The van der Waals surface area contributed by atoms with Gasteiger partial charge in [-0.05, 0) is 54.6 Å². The number of carbonyl (C=O) groups excluding carboxylic acids is 1. The lowest BCUT2D eigenvalue weighted by molar-refractivity contribution is -0.135. The van der Waals surface area contributed by atoms with Gasteiger partial charge in [-0.15, -0.1) is 0 Å². The number of rotatable bonds is 10. The van der Waals surface area contributed by atoms with E-state index in [9.17, 15) is 18.0 Å². The minimum Gasteiger partial charge on any atom is -0.496 e. The number of carboxylic acid groups (broad SMARTS) is 1. The topological polar surface area (TPSA) is 135 Å². The van der Waals surface area contributed by atoms with Crippen molar-refractivity contribution in [3.8, 4) is 22.8 Å². The van der Waals surface area contributed by atoms with E-state index in [0.29, 0.717) is 17.1 Å². The lowest BCUT2D eigenvalue weighted by Crippen LogP contribution is -2.29. The van der Waals surface area contributed by atoms with Crippen molar-refractivity contribution in [2.24, 2.45) is 0 Å². The van der Waals surface area contributed by atoms with Gasteiger partial charge in [-0.1, -0.05) is 18.2 Å². The molecule has 0 aliphatic rings. The van der Waals surface area contributed by atoms with Gasteiger partial charge >= 0.3 is 5.97 Å². The Bertz CT molecular complexity index is 1570. The van der Waals surface area contributed by atoms with Crippen molar-refractivity contribution >= 4 is 38.8 Å². The minimum atomic E-state index is -4.00. The second kappa shape index (κ2) is 10.7. The van der Waals surface area contributed by atoms with Gasteiger partial charge in [0.1, 0.15) is 18.0 Å². The Balaban J connectivity index is 1.61. The lowest BCUT2D eigenvalue weighted by atomic mass is 10.0. The SMILES string of the molecule is COc1cc(OC)c(-c2cc3ccccc3[nH]2)cc1C=CC(=O)c1ccc(S(=O)(=O)NCC(=O)O)cc1. The minimum absolute atomic E-state index is 0.144. The zero-order valence-electron chi connectivity index (χ0n) is 20.0. The fraction of sp³-hybridized carbons (Fsp3) is 0.111. The van der Waals surface area contributed by atoms with Gasteiger partial charge in [0, 0.05) is 33.7 Å². The number of para-hydroxylation sites is 1. The third kappa shape index (κ3) is 5.71. The smallest absolute Gasteiger partial charge is 0.318 e. The molecule has 0 saturated heterocycles. The van der Waals surface area contributed by atoms with E-state index >= 15 is 0 Å². The number of benzene rings is 3. The summed E-state index contributed by atoms with van der Waals surface area (Å²) in [5.41, 5.74) is 3.51. The van der Waals surface area contributed by atoms with Gasteiger partial charge in [0.25, 0.3) is 0 Å². The third-order valence-corrected chi connectivity index (χ3v) is 7.07. The number of sulfonamides is 1. The molecule has 4 rings (SSSR count). The van der Waals surface area contributed by atoms with Crippen molar-refractivity contribution in [2.45, 2.75) is 4.90 Å². The Morgan fingerprint density at radius 3 is 2.32 bits per heavy atom. The zero-order chi connectivity index (χ0) is 26.6. The standard InChI is InChI=1S/C27H24N2O7S/c1-35-25-15-26(36-2)21(23-14-18-5-3-4-6-22(18)29-23)13-19(25)9-12-24(30)17-7-10-20(11-8-17)37(33,34)28-16-27(31)32/h3-15,28-29H,16H2,1-2H3,(H,31,32). The molecule has 37 heavy (non-hydrogen) atoms. The number of ketones is 1. The molecule has 1 heterocycles. The van der Waals surface area contributed by atoms with Gasteiger partial charge in [0.05, 0.1) is 24.8 Å². The van der Waals surface area contributed by atoms with Crippen LogP contribution in [0.15, 0.2) is 77.7 Å². The Hall–Kier alpha value is -4.41. The number of methoxy groups -OCH3 is 2. The van der Waals surface area contributed by atoms with E-state index in [1.165, 1.54) is 37.5 Å². The van der Waals surface area contributed by atoms with Crippen LogP contribution in [0.2, 0.25) is 0 Å². The number of allylic oxidation sites excluding steroid dienone is 1. The molecule has 0 spiro atoms. The molecule has 0 bridgehead atoms. The average Bonchev–Trinajstić information content (AvgIpc) is 3.34. The van der Waals surface area contributed by atoms with Crippen molar-refractivity contribution in [3.05, 3.63) is 83.9 Å². The van der Waals surface area contributed by atoms with Crippen LogP contribution in [0.1, 0.15) is 15.9 Å². The van der Waals surface area contributed by atoms with Gasteiger partial charge in [0.2, 0.25) is 10.0 Å². The summed E-state index contributed by atoms with van der Waals surface area (Å²) in [5.74, 6) is -0.554. The fourth-order valence-corrected chi connectivity index (χ4v) is 4.76. The highest BCUT2D eigenvalue weighted by atomic mass is 32.2. The highest BCUT2D eigenvalue weighted by Crippen LogP contribution is 2.37. The van der Waals surface area contributed by atoms with Crippen LogP contribution < -0.4 is 14.2 Å². The van der Waals surface area contributed by atoms with Crippen molar-refractivity contribution in [1.82, 2.24) is 9.71 Å². The number of carboxylic acids is 1. The molecular formula is C27H24N2O7S. The normalized spacial score (nSPS) is 11.6. The molecule has 190 valence electrons. The third-order valence-electron chi connectivity index (χ3n) is 5.65. The summed E-state index contributed by atoms with van der Waals surface area (Å²) in [6.07, 6.45) is 2.98. The van der Waals surface area contributed by atoms with Crippen LogP contribution in [-0.2, 0) is 14.8 Å². The lowest BCUT2D eigenvalue weighted by Gasteiger charge is -2.12. The summed E-state index contributed by atoms with van der Waals surface area (Å²) < 4.78 is 37.4. The van der Waals surface area contributed by atoms with Crippen LogP contribution >= 0.6 is 0 Å². The molecule has 0 aliphatic carbocycles. The summed E-state index contributed by atoms with van der Waals surface area (Å²) in [6, 6.07) is 18.7. The Morgan fingerprint density at radius 1 is 0.973 bits per heavy atom. The predicted octanol–water partition coefficient (Wildman–Crippen LogP) is 4.11. The second-order valence-electron chi connectivity index (χ2n) is 8.00. The number of hydrogen-bond acceptors (Lipinski definition) is 6. The first kappa shape index (κ1) is 25.7. The molecule has 3 aromatic carbocycles. The number of H-pyrrole nitrogens is 1. The summed E-state index contributed by atoms with van der Waals surface area (Å²) in [5, 5.41) is 9.73. The van der Waals surface area contributed by atoms with Crippen LogP contribution in [0.5, 0.6) is 11.5 Å². The van der Waals surface area contributed by atoms with Crippen molar-refractivity contribution in [3.63, 3.8) is 0 Å². The molecule has 10 heteroatoms. The molecule has 9 nitrogen and oxygen atoms in total. The van der Waals surface area contributed by atoms with Crippen molar-refractivity contribution < 1.29 is 32.6 Å². The quantitative estimate of drug-likeness (QED) is 0.212. The van der Waals surface area contributed by atoms with E-state index in [1.54, 1.807) is 19.3 Å². The number of aliphatic carboxylic acids is 1. The first-order chi connectivity index (χ1) is 17.7. The van der Waals surface area contributed by atoms with E-state index < -0.39 is 22.5 Å². The first-order valence-corrected chi connectivity index (χ1v) is 12.6. The van der Waals surface area contributed by atoms with Crippen LogP contribution in [0, 0.1) is 0 Å². The summed E-state index contributed by atoms with van der Waals surface area (Å²) in [6.45, 7) is -0.740. The highest BCUT2D eigenvalue weighted by molar-refractivity contribution is 7.89. The van der Waals surface area contributed by atoms with Crippen LogP contribution in [-0.4, -0.2) is 51.0 Å².